The zero-order valence-electron chi connectivity index (χ0n) is 20.4. The number of carbonyl (C=O) groups excluding carboxylic acids is 3. The van der Waals surface area contributed by atoms with Gasteiger partial charge in [-0.3, -0.25) is 14.4 Å². The van der Waals surface area contributed by atoms with E-state index in [9.17, 15) is 18.8 Å². The van der Waals surface area contributed by atoms with Crippen molar-refractivity contribution in [1.29, 1.82) is 0 Å². The van der Waals surface area contributed by atoms with Gasteiger partial charge in [-0.05, 0) is 55.3 Å². The van der Waals surface area contributed by atoms with Gasteiger partial charge in [0.15, 0.2) is 11.5 Å². The van der Waals surface area contributed by atoms with Crippen molar-refractivity contribution >= 4 is 23.4 Å². The molecule has 0 aromatic heterocycles. The third-order valence-corrected chi connectivity index (χ3v) is 6.25. The highest BCUT2D eigenvalue weighted by atomic mass is 19.1. The van der Waals surface area contributed by atoms with Gasteiger partial charge in [0, 0.05) is 6.54 Å². The first-order valence-electron chi connectivity index (χ1n) is 11.5. The number of imide groups is 1. The van der Waals surface area contributed by atoms with Crippen LogP contribution in [-0.4, -0.2) is 49.4 Å². The molecule has 3 aromatic rings. The summed E-state index contributed by atoms with van der Waals surface area (Å²) in [5.41, 5.74) is 2.10. The summed E-state index contributed by atoms with van der Waals surface area (Å²) in [4.78, 5) is 42.2. The Kier molecular flexibility index (Phi) is 7.33. The van der Waals surface area contributed by atoms with Gasteiger partial charge in [-0.25, -0.2) is 9.29 Å². The fraction of sp³-hybridized carbons (Fsp3) is 0.250. The van der Waals surface area contributed by atoms with Crippen LogP contribution in [0.15, 0.2) is 66.7 Å². The fourth-order valence-corrected chi connectivity index (χ4v) is 4.30. The van der Waals surface area contributed by atoms with Crippen molar-refractivity contribution in [3.05, 3.63) is 89.2 Å². The highest BCUT2D eigenvalue weighted by Crippen LogP contribution is 2.30. The summed E-state index contributed by atoms with van der Waals surface area (Å²) >= 11 is 0. The SMILES string of the molecule is COc1ccc(CCN(C(=O)c2ccccc2F)C2CC(=O)N(c3ccc(C)cc3)C2=O)cc1OC. The Morgan fingerprint density at radius 1 is 1.00 bits per heavy atom. The van der Waals surface area contributed by atoms with Gasteiger partial charge in [0.1, 0.15) is 11.9 Å². The number of rotatable bonds is 8. The average molecular weight is 491 g/mol. The van der Waals surface area contributed by atoms with E-state index in [1.165, 1.54) is 37.3 Å². The van der Waals surface area contributed by atoms with Crippen LogP contribution in [0.1, 0.15) is 27.9 Å². The molecular formula is C28H27FN2O5. The maximum atomic E-state index is 14.5. The first kappa shape index (κ1) is 24.9. The van der Waals surface area contributed by atoms with Gasteiger partial charge < -0.3 is 14.4 Å². The summed E-state index contributed by atoms with van der Waals surface area (Å²) in [6.07, 6.45) is 0.169. The molecule has 0 N–H and O–H groups in total. The van der Waals surface area contributed by atoms with Crippen molar-refractivity contribution < 1.29 is 28.2 Å². The lowest BCUT2D eigenvalue weighted by molar-refractivity contribution is -0.122. The zero-order chi connectivity index (χ0) is 25.8. The first-order chi connectivity index (χ1) is 17.3. The van der Waals surface area contributed by atoms with Crippen LogP contribution in [0.5, 0.6) is 11.5 Å². The highest BCUT2D eigenvalue weighted by Gasteiger charge is 2.44. The van der Waals surface area contributed by atoms with Gasteiger partial charge in [0.05, 0.1) is 31.9 Å². The van der Waals surface area contributed by atoms with E-state index in [0.29, 0.717) is 23.6 Å². The molecule has 1 heterocycles. The van der Waals surface area contributed by atoms with E-state index in [1.807, 2.05) is 25.1 Å². The van der Waals surface area contributed by atoms with E-state index in [4.69, 9.17) is 9.47 Å². The molecule has 36 heavy (non-hydrogen) atoms. The number of anilines is 1. The van der Waals surface area contributed by atoms with E-state index in [1.54, 1.807) is 30.3 Å². The lowest BCUT2D eigenvalue weighted by Crippen LogP contribution is -2.46. The summed E-state index contributed by atoms with van der Waals surface area (Å²) in [6, 6.07) is 16.9. The molecule has 0 saturated carbocycles. The molecular weight excluding hydrogens is 463 g/mol. The number of halogens is 1. The minimum Gasteiger partial charge on any atom is -0.493 e. The van der Waals surface area contributed by atoms with E-state index in [0.717, 1.165) is 16.0 Å². The maximum Gasteiger partial charge on any atom is 0.257 e. The van der Waals surface area contributed by atoms with Crippen molar-refractivity contribution in [2.45, 2.75) is 25.8 Å². The number of methoxy groups -OCH3 is 2. The number of amides is 3. The number of ether oxygens (including phenoxy) is 2. The van der Waals surface area contributed by atoms with Crippen LogP contribution in [0.3, 0.4) is 0 Å². The van der Waals surface area contributed by atoms with Crippen LogP contribution >= 0.6 is 0 Å². The summed E-state index contributed by atoms with van der Waals surface area (Å²) in [6.45, 7) is 2.00. The number of hydrogen-bond acceptors (Lipinski definition) is 5. The second-order valence-electron chi connectivity index (χ2n) is 8.54. The molecule has 1 aliphatic heterocycles. The van der Waals surface area contributed by atoms with E-state index in [2.05, 4.69) is 0 Å². The number of hydrogen-bond donors (Lipinski definition) is 0. The standard InChI is InChI=1S/C28H27FN2O5/c1-18-8-11-20(12-9-18)31-26(32)17-23(28(31)34)30(27(33)21-6-4-5-7-22(21)29)15-14-19-10-13-24(35-2)25(16-19)36-3/h4-13,16,23H,14-15,17H2,1-3H3. The normalized spacial score (nSPS) is 15.2. The molecule has 0 spiro atoms. The predicted octanol–water partition coefficient (Wildman–Crippen LogP) is 4.17. The molecule has 3 amide bonds. The van der Waals surface area contributed by atoms with E-state index in [-0.39, 0.29) is 18.5 Å². The Hall–Kier alpha value is -4.20. The van der Waals surface area contributed by atoms with Crippen molar-refractivity contribution in [3.8, 4) is 11.5 Å². The Morgan fingerprint density at radius 2 is 1.69 bits per heavy atom. The largest absolute Gasteiger partial charge is 0.493 e. The average Bonchev–Trinajstić information content (AvgIpc) is 3.18. The molecule has 1 aliphatic rings. The molecule has 4 rings (SSSR count). The van der Waals surface area contributed by atoms with Crippen molar-refractivity contribution in [2.24, 2.45) is 0 Å². The highest BCUT2D eigenvalue weighted by molar-refractivity contribution is 6.23. The van der Waals surface area contributed by atoms with Gasteiger partial charge in [0.2, 0.25) is 5.91 Å². The molecule has 1 atom stereocenters. The lowest BCUT2D eigenvalue weighted by Gasteiger charge is -2.28. The lowest BCUT2D eigenvalue weighted by atomic mass is 10.1. The van der Waals surface area contributed by atoms with Crippen LogP contribution < -0.4 is 14.4 Å². The van der Waals surface area contributed by atoms with Crippen molar-refractivity contribution in [2.75, 3.05) is 25.7 Å². The number of aryl methyl sites for hydroxylation is 1. The molecule has 1 fully saturated rings. The van der Waals surface area contributed by atoms with E-state index < -0.39 is 29.6 Å². The van der Waals surface area contributed by atoms with E-state index >= 15 is 0 Å². The topological polar surface area (TPSA) is 76.2 Å². The molecule has 0 bridgehead atoms. The molecule has 186 valence electrons. The summed E-state index contributed by atoms with van der Waals surface area (Å²) in [7, 11) is 3.06. The second-order valence-corrected chi connectivity index (χ2v) is 8.54. The van der Waals surface area contributed by atoms with Crippen LogP contribution in [-0.2, 0) is 16.0 Å². The smallest absolute Gasteiger partial charge is 0.257 e. The van der Waals surface area contributed by atoms with Crippen molar-refractivity contribution in [1.82, 2.24) is 4.90 Å². The summed E-state index contributed by atoms with van der Waals surface area (Å²) < 4.78 is 25.2. The van der Waals surface area contributed by atoms with Gasteiger partial charge in [-0.2, -0.15) is 0 Å². The fourth-order valence-electron chi connectivity index (χ4n) is 4.30. The molecule has 8 heteroatoms. The van der Waals surface area contributed by atoms with Gasteiger partial charge in [0.25, 0.3) is 11.8 Å². The molecule has 0 aliphatic carbocycles. The Bertz CT molecular complexity index is 1290. The molecule has 1 unspecified atom stereocenters. The molecule has 0 radical (unpaired) electrons. The van der Waals surface area contributed by atoms with Crippen molar-refractivity contribution in [3.63, 3.8) is 0 Å². The Balaban J connectivity index is 1.65. The Morgan fingerprint density at radius 3 is 2.36 bits per heavy atom. The first-order valence-corrected chi connectivity index (χ1v) is 11.5. The van der Waals surface area contributed by atoms with Crippen LogP contribution in [0, 0.1) is 12.7 Å². The quantitative estimate of drug-likeness (QED) is 0.443. The third kappa shape index (κ3) is 4.93. The molecule has 1 saturated heterocycles. The number of carbonyl (C=O) groups is 3. The summed E-state index contributed by atoms with van der Waals surface area (Å²) in [5, 5.41) is 0. The molecule has 7 nitrogen and oxygen atoms in total. The predicted molar refractivity (Wildman–Crippen MR) is 133 cm³/mol. The minimum atomic E-state index is -1.05. The maximum absolute atomic E-state index is 14.5. The zero-order valence-corrected chi connectivity index (χ0v) is 20.4. The van der Waals surface area contributed by atoms with Crippen LogP contribution in [0.25, 0.3) is 0 Å². The number of benzene rings is 3. The molecule has 3 aromatic carbocycles. The van der Waals surface area contributed by atoms with Gasteiger partial charge in [-0.15, -0.1) is 0 Å². The monoisotopic (exact) mass is 490 g/mol. The summed E-state index contributed by atoms with van der Waals surface area (Å²) in [5.74, 6) is -1.17. The van der Waals surface area contributed by atoms with Gasteiger partial charge in [-0.1, -0.05) is 35.9 Å². The van der Waals surface area contributed by atoms with Crippen LogP contribution in [0.2, 0.25) is 0 Å². The second kappa shape index (κ2) is 10.6. The van der Waals surface area contributed by atoms with Gasteiger partial charge >= 0.3 is 0 Å². The Labute approximate surface area is 209 Å². The third-order valence-electron chi connectivity index (χ3n) is 6.25. The van der Waals surface area contributed by atoms with Crippen LogP contribution in [0.4, 0.5) is 10.1 Å². The number of nitrogens with zero attached hydrogens (tertiary/aromatic N) is 2. The minimum absolute atomic E-state index is 0.0913.